The maximum atomic E-state index is 5.41. The molecular formula is C11H14BrNO. The second-order valence-electron chi connectivity index (χ2n) is 3.43. The molecule has 1 N–H and O–H groups in total. The van der Waals surface area contributed by atoms with Crippen LogP contribution < -0.4 is 5.32 Å². The molecule has 76 valence electrons. The van der Waals surface area contributed by atoms with Gasteiger partial charge in [0.05, 0.1) is 6.61 Å². The molecule has 1 aliphatic heterocycles. The maximum Gasteiger partial charge on any atom is 0.0591 e. The van der Waals surface area contributed by atoms with Crippen molar-refractivity contribution in [2.45, 2.75) is 12.5 Å². The van der Waals surface area contributed by atoms with E-state index in [1.807, 2.05) is 6.07 Å². The minimum atomic E-state index is 0.424. The largest absolute Gasteiger partial charge is 0.380 e. The number of rotatable bonds is 1. The van der Waals surface area contributed by atoms with Crippen LogP contribution in [0.5, 0.6) is 0 Å². The zero-order chi connectivity index (χ0) is 9.80. The lowest BCUT2D eigenvalue weighted by molar-refractivity contribution is 0.150. The van der Waals surface area contributed by atoms with E-state index in [0.29, 0.717) is 6.04 Å². The summed E-state index contributed by atoms with van der Waals surface area (Å²) >= 11 is 3.58. The maximum absolute atomic E-state index is 5.41. The molecule has 0 aliphatic carbocycles. The number of hydrogen-bond acceptors (Lipinski definition) is 2. The fourth-order valence-corrected chi connectivity index (χ4v) is 2.29. The van der Waals surface area contributed by atoms with Crippen LogP contribution in [0.25, 0.3) is 0 Å². The van der Waals surface area contributed by atoms with E-state index in [2.05, 4.69) is 39.4 Å². The SMILES string of the molecule is Brc1ccccc1C1CCOCCN1. The van der Waals surface area contributed by atoms with E-state index in [1.54, 1.807) is 0 Å². The Hall–Kier alpha value is -0.380. The molecule has 14 heavy (non-hydrogen) atoms. The molecule has 0 radical (unpaired) electrons. The van der Waals surface area contributed by atoms with E-state index in [1.165, 1.54) is 10.0 Å². The quantitative estimate of drug-likeness (QED) is 0.833. The lowest BCUT2D eigenvalue weighted by Gasteiger charge is -2.16. The fraction of sp³-hybridized carbons (Fsp3) is 0.455. The van der Waals surface area contributed by atoms with E-state index >= 15 is 0 Å². The van der Waals surface area contributed by atoms with Crippen LogP contribution in [0.4, 0.5) is 0 Å². The highest BCUT2D eigenvalue weighted by Gasteiger charge is 2.15. The van der Waals surface area contributed by atoms with Crippen molar-refractivity contribution in [1.82, 2.24) is 5.32 Å². The van der Waals surface area contributed by atoms with Gasteiger partial charge in [0.1, 0.15) is 0 Å². The van der Waals surface area contributed by atoms with Crippen LogP contribution >= 0.6 is 15.9 Å². The van der Waals surface area contributed by atoms with Crippen molar-refractivity contribution in [3.05, 3.63) is 34.3 Å². The zero-order valence-corrected chi connectivity index (χ0v) is 9.59. The molecular weight excluding hydrogens is 242 g/mol. The van der Waals surface area contributed by atoms with Gasteiger partial charge in [0.2, 0.25) is 0 Å². The molecule has 1 aliphatic rings. The molecule has 1 aromatic carbocycles. The molecule has 1 heterocycles. The van der Waals surface area contributed by atoms with Crippen molar-refractivity contribution >= 4 is 15.9 Å². The molecule has 0 bridgehead atoms. The van der Waals surface area contributed by atoms with Gasteiger partial charge < -0.3 is 10.1 Å². The minimum Gasteiger partial charge on any atom is -0.380 e. The molecule has 2 rings (SSSR count). The molecule has 0 saturated carbocycles. The third-order valence-corrected chi connectivity index (χ3v) is 3.19. The van der Waals surface area contributed by atoms with Crippen molar-refractivity contribution in [1.29, 1.82) is 0 Å². The number of ether oxygens (including phenoxy) is 1. The summed E-state index contributed by atoms with van der Waals surface area (Å²) in [5.74, 6) is 0. The molecule has 0 aromatic heterocycles. The van der Waals surface area contributed by atoms with Crippen molar-refractivity contribution in [2.24, 2.45) is 0 Å². The minimum absolute atomic E-state index is 0.424. The first-order chi connectivity index (χ1) is 6.88. The highest BCUT2D eigenvalue weighted by molar-refractivity contribution is 9.10. The Morgan fingerprint density at radius 2 is 2.14 bits per heavy atom. The van der Waals surface area contributed by atoms with Crippen LogP contribution in [-0.2, 0) is 4.74 Å². The molecule has 1 fully saturated rings. The lowest BCUT2D eigenvalue weighted by atomic mass is 10.0. The van der Waals surface area contributed by atoms with Crippen LogP contribution in [0.3, 0.4) is 0 Å². The highest BCUT2D eigenvalue weighted by Crippen LogP contribution is 2.25. The first-order valence-corrected chi connectivity index (χ1v) is 5.73. The van der Waals surface area contributed by atoms with Gasteiger partial charge in [0.25, 0.3) is 0 Å². The summed E-state index contributed by atoms with van der Waals surface area (Å²) in [7, 11) is 0. The standard InChI is InChI=1S/C11H14BrNO/c12-10-4-2-1-3-9(10)11-5-7-14-8-6-13-11/h1-4,11,13H,5-8H2. The second kappa shape index (κ2) is 4.91. The van der Waals surface area contributed by atoms with E-state index in [0.717, 1.165) is 26.2 Å². The predicted molar refractivity (Wildman–Crippen MR) is 60.3 cm³/mol. The molecule has 2 nitrogen and oxygen atoms in total. The summed E-state index contributed by atoms with van der Waals surface area (Å²) in [6.07, 6.45) is 1.04. The van der Waals surface area contributed by atoms with Crippen LogP contribution in [-0.4, -0.2) is 19.8 Å². The molecule has 3 heteroatoms. The average Bonchev–Trinajstić information content (AvgIpc) is 2.47. The normalized spacial score (nSPS) is 23.1. The van der Waals surface area contributed by atoms with Crippen LogP contribution in [0, 0.1) is 0 Å². The average molecular weight is 256 g/mol. The number of halogens is 1. The van der Waals surface area contributed by atoms with E-state index in [-0.39, 0.29) is 0 Å². The van der Waals surface area contributed by atoms with Crippen molar-refractivity contribution < 1.29 is 4.74 Å². The van der Waals surface area contributed by atoms with E-state index in [9.17, 15) is 0 Å². The van der Waals surface area contributed by atoms with Crippen molar-refractivity contribution in [3.8, 4) is 0 Å². The van der Waals surface area contributed by atoms with Gasteiger partial charge in [-0.15, -0.1) is 0 Å². The van der Waals surface area contributed by atoms with E-state index < -0.39 is 0 Å². The van der Waals surface area contributed by atoms with Gasteiger partial charge in [-0.05, 0) is 18.1 Å². The first-order valence-electron chi connectivity index (χ1n) is 4.93. The second-order valence-corrected chi connectivity index (χ2v) is 4.28. The van der Waals surface area contributed by atoms with Gasteiger partial charge in [0, 0.05) is 23.7 Å². The van der Waals surface area contributed by atoms with Gasteiger partial charge in [0.15, 0.2) is 0 Å². The van der Waals surface area contributed by atoms with Gasteiger partial charge >= 0.3 is 0 Å². The Bertz CT molecular complexity index is 295. The number of benzene rings is 1. The van der Waals surface area contributed by atoms with Gasteiger partial charge in [-0.2, -0.15) is 0 Å². The highest BCUT2D eigenvalue weighted by atomic mass is 79.9. The number of hydrogen-bond donors (Lipinski definition) is 1. The third-order valence-electron chi connectivity index (χ3n) is 2.47. The summed E-state index contributed by atoms with van der Waals surface area (Å²) in [6.45, 7) is 2.60. The Labute approximate surface area is 92.8 Å². The van der Waals surface area contributed by atoms with Crippen molar-refractivity contribution in [2.75, 3.05) is 19.8 Å². The molecule has 0 amide bonds. The summed E-state index contributed by atoms with van der Waals surface area (Å²) in [6, 6.07) is 8.79. The van der Waals surface area contributed by atoms with E-state index in [4.69, 9.17) is 4.74 Å². The molecule has 1 unspecified atom stereocenters. The molecule has 0 spiro atoms. The predicted octanol–water partition coefficient (Wildman–Crippen LogP) is 2.50. The topological polar surface area (TPSA) is 21.3 Å². The fourth-order valence-electron chi connectivity index (χ4n) is 1.73. The monoisotopic (exact) mass is 255 g/mol. The van der Waals surface area contributed by atoms with Crippen LogP contribution in [0.1, 0.15) is 18.0 Å². The zero-order valence-electron chi connectivity index (χ0n) is 8.00. The smallest absolute Gasteiger partial charge is 0.0591 e. The molecule has 1 atom stereocenters. The summed E-state index contributed by atoms with van der Waals surface area (Å²) in [5.41, 5.74) is 1.33. The summed E-state index contributed by atoms with van der Waals surface area (Å²) in [5, 5.41) is 3.48. The van der Waals surface area contributed by atoms with Gasteiger partial charge in [-0.1, -0.05) is 34.1 Å². The van der Waals surface area contributed by atoms with Gasteiger partial charge in [-0.25, -0.2) is 0 Å². The Morgan fingerprint density at radius 3 is 3.00 bits per heavy atom. The summed E-state index contributed by atoms with van der Waals surface area (Å²) < 4.78 is 6.59. The van der Waals surface area contributed by atoms with Crippen LogP contribution in [0.15, 0.2) is 28.7 Å². The summed E-state index contributed by atoms with van der Waals surface area (Å²) in [4.78, 5) is 0. The molecule has 1 saturated heterocycles. The Morgan fingerprint density at radius 1 is 1.29 bits per heavy atom. The Balaban J connectivity index is 2.16. The first kappa shape index (κ1) is 10.1. The van der Waals surface area contributed by atoms with Crippen LogP contribution in [0.2, 0.25) is 0 Å². The molecule has 1 aromatic rings. The number of nitrogens with one attached hydrogen (secondary N) is 1. The third kappa shape index (κ3) is 2.35. The Kier molecular flexibility index (Phi) is 3.56. The lowest BCUT2D eigenvalue weighted by Crippen LogP contribution is -2.22. The van der Waals surface area contributed by atoms with Gasteiger partial charge in [-0.3, -0.25) is 0 Å². The van der Waals surface area contributed by atoms with Crippen molar-refractivity contribution in [3.63, 3.8) is 0 Å².